The third-order valence-corrected chi connectivity index (χ3v) is 4.65. The lowest BCUT2D eigenvalue weighted by molar-refractivity contribution is -0.122. The van der Waals surface area contributed by atoms with Gasteiger partial charge in [0.15, 0.2) is 0 Å². The van der Waals surface area contributed by atoms with Crippen LogP contribution in [0.15, 0.2) is 24.3 Å². The molecule has 1 aromatic rings. The van der Waals surface area contributed by atoms with Crippen LogP contribution >= 0.6 is 0 Å². The standard InChI is InChI=1S/C17H27N3O/c1-13(17(21)19-18)15-10-8-14(9-11-15)12-20(2)16-6-4-3-5-7-16/h8-11,13,16H,3-7,12,18H2,1-2H3,(H,19,21). The van der Waals surface area contributed by atoms with Crippen molar-refractivity contribution >= 4 is 5.91 Å². The highest BCUT2D eigenvalue weighted by Gasteiger charge is 2.18. The average molecular weight is 289 g/mol. The Morgan fingerprint density at radius 3 is 2.48 bits per heavy atom. The lowest BCUT2D eigenvalue weighted by atomic mass is 9.94. The average Bonchev–Trinajstić information content (AvgIpc) is 2.55. The second-order valence-electron chi connectivity index (χ2n) is 6.18. The molecule has 0 saturated heterocycles. The zero-order chi connectivity index (χ0) is 15.2. The van der Waals surface area contributed by atoms with Gasteiger partial charge in [0.05, 0.1) is 5.92 Å². The van der Waals surface area contributed by atoms with Crippen molar-refractivity contribution in [1.82, 2.24) is 10.3 Å². The Hall–Kier alpha value is -1.39. The number of hydrogen-bond donors (Lipinski definition) is 2. The number of hydrazine groups is 1. The molecule has 1 atom stereocenters. The van der Waals surface area contributed by atoms with Crippen LogP contribution in [0.5, 0.6) is 0 Å². The maximum atomic E-state index is 11.5. The number of nitrogens with zero attached hydrogens (tertiary/aromatic N) is 1. The van der Waals surface area contributed by atoms with Crippen molar-refractivity contribution in [1.29, 1.82) is 0 Å². The van der Waals surface area contributed by atoms with Crippen LogP contribution in [0, 0.1) is 0 Å². The summed E-state index contributed by atoms with van der Waals surface area (Å²) in [5, 5.41) is 0. The number of nitrogens with one attached hydrogen (secondary N) is 1. The first-order valence-corrected chi connectivity index (χ1v) is 7.91. The van der Waals surface area contributed by atoms with Gasteiger partial charge in [0, 0.05) is 12.6 Å². The fraction of sp³-hybridized carbons (Fsp3) is 0.588. The minimum atomic E-state index is -0.208. The van der Waals surface area contributed by atoms with Gasteiger partial charge in [0.2, 0.25) is 5.91 Å². The zero-order valence-corrected chi connectivity index (χ0v) is 13.1. The van der Waals surface area contributed by atoms with Crippen molar-refractivity contribution in [3.63, 3.8) is 0 Å². The molecule has 0 radical (unpaired) electrons. The van der Waals surface area contributed by atoms with Crippen molar-refractivity contribution in [2.75, 3.05) is 7.05 Å². The number of hydrogen-bond acceptors (Lipinski definition) is 3. The van der Waals surface area contributed by atoms with Gasteiger partial charge in [-0.25, -0.2) is 5.84 Å². The number of rotatable bonds is 5. The van der Waals surface area contributed by atoms with Crippen LogP contribution < -0.4 is 11.3 Å². The van der Waals surface area contributed by atoms with E-state index in [1.165, 1.54) is 37.7 Å². The number of benzene rings is 1. The van der Waals surface area contributed by atoms with Crippen molar-refractivity contribution < 1.29 is 4.79 Å². The van der Waals surface area contributed by atoms with Crippen LogP contribution in [0.25, 0.3) is 0 Å². The number of nitrogens with two attached hydrogens (primary N) is 1. The fourth-order valence-electron chi connectivity index (χ4n) is 3.13. The van der Waals surface area contributed by atoms with Gasteiger partial charge in [-0.05, 0) is 37.9 Å². The summed E-state index contributed by atoms with van der Waals surface area (Å²) in [6.45, 7) is 2.84. The molecule has 0 heterocycles. The van der Waals surface area contributed by atoms with E-state index in [1.807, 2.05) is 19.1 Å². The number of carbonyl (C=O) groups excluding carboxylic acids is 1. The van der Waals surface area contributed by atoms with Crippen LogP contribution in [0.4, 0.5) is 0 Å². The summed E-state index contributed by atoms with van der Waals surface area (Å²) in [6.07, 6.45) is 6.75. The lowest BCUT2D eigenvalue weighted by Crippen LogP contribution is -2.33. The van der Waals surface area contributed by atoms with Crippen molar-refractivity contribution in [2.45, 2.75) is 57.5 Å². The van der Waals surface area contributed by atoms with Gasteiger partial charge in [-0.2, -0.15) is 0 Å². The van der Waals surface area contributed by atoms with Crippen molar-refractivity contribution in [2.24, 2.45) is 5.84 Å². The highest BCUT2D eigenvalue weighted by Crippen LogP contribution is 2.23. The molecule has 21 heavy (non-hydrogen) atoms. The molecule has 116 valence electrons. The summed E-state index contributed by atoms with van der Waals surface area (Å²) in [5.74, 6) is 4.82. The Balaban J connectivity index is 1.94. The van der Waals surface area contributed by atoms with E-state index in [4.69, 9.17) is 5.84 Å². The van der Waals surface area contributed by atoms with Gasteiger partial charge in [0.1, 0.15) is 0 Å². The highest BCUT2D eigenvalue weighted by atomic mass is 16.2. The third-order valence-electron chi connectivity index (χ3n) is 4.65. The van der Waals surface area contributed by atoms with Crippen LogP contribution in [-0.2, 0) is 11.3 Å². The largest absolute Gasteiger partial charge is 0.299 e. The van der Waals surface area contributed by atoms with E-state index in [2.05, 4.69) is 29.5 Å². The quantitative estimate of drug-likeness (QED) is 0.497. The SMILES string of the molecule is CC(C(=O)NN)c1ccc(CN(C)C2CCCCC2)cc1. The molecule has 1 amide bonds. The summed E-state index contributed by atoms with van der Waals surface area (Å²) in [6, 6.07) is 9.03. The van der Waals surface area contributed by atoms with E-state index in [-0.39, 0.29) is 11.8 Å². The Labute approximate surface area is 127 Å². The number of carbonyl (C=O) groups is 1. The van der Waals surface area contributed by atoms with Crippen LogP contribution in [0.2, 0.25) is 0 Å². The smallest absolute Gasteiger partial charge is 0.241 e. The topological polar surface area (TPSA) is 58.4 Å². The Morgan fingerprint density at radius 1 is 1.29 bits per heavy atom. The molecule has 0 aliphatic heterocycles. The van der Waals surface area contributed by atoms with Crippen molar-refractivity contribution in [3.8, 4) is 0 Å². The van der Waals surface area contributed by atoms with E-state index >= 15 is 0 Å². The molecule has 1 aromatic carbocycles. The predicted molar refractivity (Wildman–Crippen MR) is 85.5 cm³/mol. The van der Waals surface area contributed by atoms with E-state index in [0.717, 1.165) is 18.2 Å². The molecule has 1 unspecified atom stereocenters. The van der Waals surface area contributed by atoms with E-state index in [9.17, 15) is 4.79 Å². The summed E-state index contributed by atoms with van der Waals surface area (Å²) in [7, 11) is 2.22. The molecule has 0 bridgehead atoms. The van der Waals surface area contributed by atoms with Gasteiger partial charge in [-0.15, -0.1) is 0 Å². The molecule has 4 nitrogen and oxygen atoms in total. The van der Waals surface area contributed by atoms with Crippen LogP contribution in [-0.4, -0.2) is 23.9 Å². The van der Waals surface area contributed by atoms with E-state index in [1.54, 1.807) is 0 Å². The Morgan fingerprint density at radius 2 is 1.90 bits per heavy atom. The minimum absolute atomic E-state index is 0.151. The van der Waals surface area contributed by atoms with E-state index < -0.39 is 0 Å². The predicted octanol–water partition coefficient (Wildman–Crippen LogP) is 2.54. The van der Waals surface area contributed by atoms with Gasteiger partial charge < -0.3 is 0 Å². The summed E-state index contributed by atoms with van der Waals surface area (Å²) in [4.78, 5) is 14.0. The van der Waals surface area contributed by atoms with Gasteiger partial charge in [-0.1, -0.05) is 43.5 Å². The maximum Gasteiger partial charge on any atom is 0.241 e. The van der Waals surface area contributed by atoms with Gasteiger partial charge >= 0.3 is 0 Å². The van der Waals surface area contributed by atoms with Gasteiger partial charge in [-0.3, -0.25) is 15.1 Å². The summed E-state index contributed by atoms with van der Waals surface area (Å²) < 4.78 is 0. The zero-order valence-electron chi connectivity index (χ0n) is 13.1. The van der Waals surface area contributed by atoms with E-state index in [0.29, 0.717) is 0 Å². The van der Waals surface area contributed by atoms with Gasteiger partial charge in [0.25, 0.3) is 0 Å². The van der Waals surface area contributed by atoms with Crippen LogP contribution in [0.1, 0.15) is 56.1 Å². The molecule has 1 aliphatic carbocycles. The molecule has 0 spiro atoms. The second-order valence-corrected chi connectivity index (χ2v) is 6.18. The van der Waals surface area contributed by atoms with Crippen molar-refractivity contribution in [3.05, 3.63) is 35.4 Å². The lowest BCUT2D eigenvalue weighted by Gasteiger charge is -2.31. The summed E-state index contributed by atoms with van der Waals surface area (Å²) in [5.41, 5.74) is 4.51. The molecule has 0 aromatic heterocycles. The molecular weight excluding hydrogens is 262 g/mol. The Bertz CT molecular complexity index is 452. The normalized spacial score (nSPS) is 17.7. The molecule has 4 heteroatoms. The monoisotopic (exact) mass is 289 g/mol. The summed E-state index contributed by atoms with van der Waals surface area (Å²) >= 11 is 0. The van der Waals surface area contributed by atoms with Crippen LogP contribution in [0.3, 0.4) is 0 Å². The second kappa shape index (κ2) is 7.57. The minimum Gasteiger partial charge on any atom is -0.299 e. The number of amides is 1. The molecule has 1 saturated carbocycles. The highest BCUT2D eigenvalue weighted by molar-refractivity contribution is 5.82. The third kappa shape index (κ3) is 4.29. The first-order valence-electron chi connectivity index (χ1n) is 7.91. The molecule has 3 N–H and O–H groups in total. The molecule has 1 fully saturated rings. The maximum absolute atomic E-state index is 11.5. The molecule has 1 aliphatic rings. The molecular formula is C17H27N3O. The first-order chi connectivity index (χ1) is 10.1. The Kier molecular flexibility index (Phi) is 5.76. The first kappa shape index (κ1) is 16.0. The molecule has 2 rings (SSSR count). The fourth-order valence-corrected chi connectivity index (χ4v) is 3.13.